The van der Waals surface area contributed by atoms with Crippen molar-refractivity contribution in [2.45, 2.75) is 25.5 Å². The molecule has 1 aliphatic rings. The summed E-state index contributed by atoms with van der Waals surface area (Å²) in [5.74, 6) is 0. The third kappa shape index (κ3) is 3.01. The van der Waals surface area contributed by atoms with Gasteiger partial charge in [0.15, 0.2) is 0 Å². The average Bonchev–Trinajstić information content (AvgIpc) is 2.87. The summed E-state index contributed by atoms with van der Waals surface area (Å²) in [7, 11) is 0. The monoisotopic (exact) mass is 242 g/mol. The van der Waals surface area contributed by atoms with E-state index in [1.165, 1.54) is 11.3 Å². The molecule has 1 unspecified atom stereocenters. The minimum Gasteiger partial charge on any atom is -0.377 e. The van der Waals surface area contributed by atoms with Crippen LogP contribution in [0.2, 0.25) is 0 Å². The van der Waals surface area contributed by atoms with Crippen LogP contribution in [0.3, 0.4) is 0 Å². The fourth-order valence-corrected chi connectivity index (χ4v) is 2.51. The van der Waals surface area contributed by atoms with E-state index in [-0.39, 0.29) is 9.92 Å². The molecule has 0 bridgehead atoms. The number of nitro groups is 1. The van der Waals surface area contributed by atoms with Gasteiger partial charge in [-0.1, -0.05) is 11.3 Å². The molecule has 0 radical (unpaired) electrons. The van der Waals surface area contributed by atoms with Crippen LogP contribution >= 0.6 is 11.3 Å². The van der Waals surface area contributed by atoms with E-state index < -0.39 is 0 Å². The lowest BCUT2D eigenvalue weighted by molar-refractivity contribution is -0.380. The highest BCUT2D eigenvalue weighted by Crippen LogP contribution is 2.23. The van der Waals surface area contributed by atoms with E-state index in [1.807, 2.05) is 0 Å². The molecule has 0 saturated carbocycles. The molecular weight excluding hydrogens is 228 g/mol. The largest absolute Gasteiger partial charge is 0.377 e. The minimum atomic E-state index is -0.353. The van der Waals surface area contributed by atoms with Crippen LogP contribution in [0, 0.1) is 10.1 Å². The quantitative estimate of drug-likeness (QED) is 0.633. The topological polar surface area (TPSA) is 64.4 Å². The van der Waals surface area contributed by atoms with E-state index in [9.17, 15) is 10.1 Å². The van der Waals surface area contributed by atoms with Gasteiger partial charge in [0.2, 0.25) is 0 Å². The summed E-state index contributed by atoms with van der Waals surface area (Å²) in [4.78, 5) is 11.1. The second kappa shape index (κ2) is 5.38. The summed E-state index contributed by atoms with van der Waals surface area (Å²) < 4.78 is 5.47. The van der Waals surface area contributed by atoms with Crippen molar-refractivity contribution >= 4 is 16.3 Å². The summed E-state index contributed by atoms with van der Waals surface area (Å²) in [6.07, 6.45) is 2.56. The maximum absolute atomic E-state index is 10.5. The van der Waals surface area contributed by atoms with Gasteiger partial charge in [0.25, 0.3) is 0 Å². The Kier molecular flexibility index (Phi) is 3.87. The third-order valence-electron chi connectivity index (χ3n) is 2.52. The fourth-order valence-electron chi connectivity index (χ4n) is 1.72. The highest BCUT2D eigenvalue weighted by Gasteiger charge is 2.15. The van der Waals surface area contributed by atoms with Gasteiger partial charge in [-0.05, 0) is 18.9 Å². The molecule has 0 amide bonds. The first-order chi connectivity index (χ1) is 7.75. The van der Waals surface area contributed by atoms with Gasteiger partial charge in [-0.2, -0.15) is 0 Å². The molecule has 0 spiro atoms. The highest BCUT2D eigenvalue weighted by atomic mass is 32.1. The maximum atomic E-state index is 10.5. The van der Waals surface area contributed by atoms with E-state index in [4.69, 9.17) is 4.74 Å². The van der Waals surface area contributed by atoms with Gasteiger partial charge < -0.3 is 10.1 Å². The summed E-state index contributed by atoms with van der Waals surface area (Å²) in [5, 5.41) is 13.9. The first kappa shape index (κ1) is 11.5. The molecule has 6 heteroatoms. The zero-order chi connectivity index (χ0) is 11.4. The Labute approximate surface area is 97.6 Å². The molecule has 16 heavy (non-hydrogen) atoms. The highest BCUT2D eigenvalue weighted by molar-refractivity contribution is 7.15. The second-order valence-electron chi connectivity index (χ2n) is 3.76. The van der Waals surface area contributed by atoms with Crippen LogP contribution in [-0.2, 0) is 11.3 Å². The lowest BCUT2D eigenvalue weighted by Crippen LogP contribution is -2.25. The first-order valence-electron chi connectivity index (χ1n) is 5.31. The number of nitrogens with one attached hydrogen (secondary N) is 1. The van der Waals surface area contributed by atoms with Crippen molar-refractivity contribution in [3.63, 3.8) is 0 Å². The summed E-state index contributed by atoms with van der Waals surface area (Å²) in [6.45, 7) is 2.36. The fraction of sp³-hybridized carbons (Fsp3) is 0.600. The van der Waals surface area contributed by atoms with E-state index in [0.717, 1.165) is 30.9 Å². The van der Waals surface area contributed by atoms with Gasteiger partial charge in [0.1, 0.15) is 0 Å². The molecule has 0 aromatic carbocycles. The predicted octanol–water partition coefficient (Wildman–Crippen LogP) is 1.92. The molecule has 2 rings (SSSR count). The second-order valence-corrected chi connectivity index (χ2v) is 4.91. The third-order valence-corrected chi connectivity index (χ3v) is 3.56. The standard InChI is InChI=1S/C10H14N2O3S/c13-12(14)10-4-3-9(16-10)7-11-6-8-2-1-5-15-8/h3-4,8,11H,1-2,5-7H2. The Morgan fingerprint density at radius 1 is 1.62 bits per heavy atom. The Hall–Kier alpha value is -0.980. The van der Waals surface area contributed by atoms with E-state index in [0.29, 0.717) is 12.6 Å². The van der Waals surface area contributed by atoms with Crippen molar-refractivity contribution in [2.75, 3.05) is 13.2 Å². The number of ether oxygens (including phenoxy) is 1. The van der Waals surface area contributed by atoms with Gasteiger partial charge in [-0.3, -0.25) is 10.1 Å². The predicted molar refractivity (Wildman–Crippen MR) is 61.7 cm³/mol. The molecule has 2 heterocycles. The SMILES string of the molecule is O=[N+]([O-])c1ccc(CNCC2CCCO2)s1. The van der Waals surface area contributed by atoms with Crippen LogP contribution in [-0.4, -0.2) is 24.2 Å². The number of hydrogen-bond donors (Lipinski definition) is 1. The molecule has 1 aromatic heterocycles. The Bertz CT molecular complexity index is 361. The van der Waals surface area contributed by atoms with Crippen molar-refractivity contribution in [1.29, 1.82) is 0 Å². The van der Waals surface area contributed by atoms with E-state index in [1.54, 1.807) is 12.1 Å². The molecule has 1 saturated heterocycles. The molecule has 1 aromatic rings. The maximum Gasteiger partial charge on any atom is 0.324 e. The number of nitrogens with zero attached hydrogens (tertiary/aromatic N) is 1. The van der Waals surface area contributed by atoms with Crippen LogP contribution in [0.15, 0.2) is 12.1 Å². The van der Waals surface area contributed by atoms with Crippen LogP contribution in [0.5, 0.6) is 0 Å². The van der Waals surface area contributed by atoms with E-state index >= 15 is 0 Å². The van der Waals surface area contributed by atoms with Crippen molar-refractivity contribution in [3.05, 3.63) is 27.1 Å². The Morgan fingerprint density at radius 2 is 2.50 bits per heavy atom. The average molecular weight is 242 g/mol. The lowest BCUT2D eigenvalue weighted by atomic mass is 10.2. The van der Waals surface area contributed by atoms with Gasteiger partial charge in [-0.25, -0.2) is 0 Å². The normalized spacial score (nSPS) is 20.1. The Balaban J connectivity index is 1.74. The summed E-state index contributed by atoms with van der Waals surface area (Å²) in [5.41, 5.74) is 0. The smallest absolute Gasteiger partial charge is 0.324 e. The molecule has 1 aliphatic heterocycles. The van der Waals surface area contributed by atoms with Gasteiger partial charge in [0.05, 0.1) is 11.0 Å². The van der Waals surface area contributed by atoms with Crippen molar-refractivity contribution in [2.24, 2.45) is 0 Å². The summed E-state index contributed by atoms with van der Waals surface area (Å²) in [6, 6.07) is 3.35. The number of thiophene rings is 1. The minimum absolute atomic E-state index is 0.203. The molecule has 1 N–H and O–H groups in total. The zero-order valence-electron chi connectivity index (χ0n) is 8.85. The van der Waals surface area contributed by atoms with Crippen LogP contribution in [0.1, 0.15) is 17.7 Å². The summed E-state index contributed by atoms with van der Waals surface area (Å²) >= 11 is 1.22. The van der Waals surface area contributed by atoms with Crippen molar-refractivity contribution in [3.8, 4) is 0 Å². The van der Waals surface area contributed by atoms with Crippen molar-refractivity contribution in [1.82, 2.24) is 5.32 Å². The molecule has 88 valence electrons. The van der Waals surface area contributed by atoms with Crippen LogP contribution < -0.4 is 5.32 Å². The Morgan fingerprint density at radius 3 is 3.12 bits per heavy atom. The first-order valence-corrected chi connectivity index (χ1v) is 6.13. The van der Waals surface area contributed by atoms with Crippen molar-refractivity contribution < 1.29 is 9.66 Å². The van der Waals surface area contributed by atoms with E-state index in [2.05, 4.69) is 5.32 Å². The lowest BCUT2D eigenvalue weighted by Gasteiger charge is -2.09. The zero-order valence-corrected chi connectivity index (χ0v) is 9.66. The van der Waals surface area contributed by atoms with Crippen LogP contribution in [0.4, 0.5) is 5.00 Å². The van der Waals surface area contributed by atoms with Gasteiger partial charge in [0, 0.05) is 30.6 Å². The molecule has 5 nitrogen and oxygen atoms in total. The number of hydrogen-bond acceptors (Lipinski definition) is 5. The molecule has 1 atom stereocenters. The van der Waals surface area contributed by atoms with Gasteiger partial charge in [-0.15, -0.1) is 0 Å². The molecule has 1 fully saturated rings. The molecule has 0 aliphatic carbocycles. The van der Waals surface area contributed by atoms with Crippen LogP contribution in [0.25, 0.3) is 0 Å². The molecular formula is C10H14N2O3S. The van der Waals surface area contributed by atoms with Gasteiger partial charge >= 0.3 is 5.00 Å². The number of rotatable bonds is 5.